The standard InChI is InChI=1S/C14H28N4S/c1-12-4-3-5-18(11-12)13(2)10-16-14(15)17-6-8-19-9-7-17/h12-13H,3-11H2,1-2H3,(H2,15,16). The minimum Gasteiger partial charge on any atom is -0.370 e. The number of nitrogens with zero attached hydrogens (tertiary/aromatic N) is 3. The highest BCUT2D eigenvalue weighted by atomic mass is 32.2. The smallest absolute Gasteiger partial charge is 0.191 e. The second-order valence-corrected chi connectivity index (χ2v) is 7.11. The van der Waals surface area contributed by atoms with Crippen molar-refractivity contribution in [2.45, 2.75) is 32.7 Å². The first-order valence-electron chi connectivity index (χ1n) is 7.53. The first-order chi connectivity index (χ1) is 9.16. The van der Waals surface area contributed by atoms with Crippen molar-refractivity contribution in [3.05, 3.63) is 0 Å². The summed E-state index contributed by atoms with van der Waals surface area (Å²) in [6.45, 7) is 10.0. The Morgan fingerprint density at radius 2 is 2.11 bits per heavy atom. The molecule has 0 amide bonds. The van der Waals surface area contributed by atoms with Gasteiger partial charge in [0.1, 0.15) is 0 Å². The molecule has 0 aromatic rings. The van der Waals surface area contributed by atoms with E-state index >= 15 is 0 Å². The van der Waals surface area contributed by atoms with Gasteiger partial charge in [0.2, 0.25) is 0 Å². The molecule has 0 spiro atoms. The van der Waals surface area contributed by atoms with Crippen LogP contribution in [0.25, 0.3) is 0 Å². The van der Waals surface area contributed by atoms with E-state index in [0.29, 0.717) is 6.04 Å². The molecule has 0 aromatic carbocycles. The van der Waals surface area contributed by atoms with E-state index in [1.807, 2.05) is 11.8 Å². The summed E-state index contributed by atoms with van der Waals surface area (Å²) in [5.41, 5.74) is 6.10. The van der Waals surface area contributed by atoms with Gasteiger partial charge in [0.15, 0.2) is 5.96 Å². The highest BCUT2D eigenvalue weighted by Gasteiger charge is 2.21. The number of guanidine groups is 1. The molecule has 2 aliphatic heterocycles. The molecule has 0 radical (unpaired) electrons. The van der Waals surface area contributed by atoms with E-state index in [-0.39, 0.29) is 0 Å². The minimum absolute atomic E-state index is 0.514. The molecule has 5 heteroatoms. The Morgan fingerprint density at radius 3 is 2.79 bits per heavy atom. The number of nitrogens with two attached hydrogens (primary N) is 1. The van der Waals surface area contributed by atoms with Crippen molar-refractivity contribution in [2.75, 3.05) is 44.2 Å². The van der Waals surface area contributed by atoms with E-state index in [9.17, 15) is 0 Å². The SMILES string of the molecule is CC1CCCN(C(C)CN=C(N)N2CCSCC2)C1. The van der Waals surface area contributed by atoms with E-state index < -0.39 is 0 Å². The highest BCUT2D eigenvalue weighted by molar-refractivity contribution is 7.99. The van der Waals surface area contributed by atoms with Gasteiger partial charge in [0, 0.05) is 37.2 Å². The summed E-state index contributed by atoms with van der Waals surface area (Å²) >= 11 is 2.00. The highest BCUT2D eigenvalue weighted by Crippen LogP contribution is 2.17. The van der Waals surface area contributed by atoms with E-state index in [2.05, 4.69) is 28.6 Å². The zero-order chi connectivity index (χ0) is 13.7. The Morgan fingerprint density at radius 1 is 1.37 bits per heavy atom. The summed E-state index contributed by atoms with van der Waals surface area (Å²) in [6.07, 6.45) is 2.70. The van der Waals surface area contributed by atoms with Crippen LogP contribution >= 0.6 is 11.8 Å². The quantitative estimate of drug-likeness (QED) is 0.630. The molecule has 2 aliphatic rings. The molecule has 4 nitrogen and oxygen atoms in total. The zero-order valence-corrected chi connectivity index (χ0v) is 13.2. The van der Waals surface area contributed by atoms with Gasteiger partial charge in [-0.25, -0.2) is 0 Å². The van der Waals surface area contributed by atoms with Crippen molar-refractivity contribution in [3.63, 3.8) is 0 Å². The third-order valence-corrected chi connectivity index (χ3v) is 5.11. The topological polar surface area (TPSA) is 44.9 Å². The van der Waals surface area contributed by atoms with Crippen LogP contribution in [0.4, 0.5) is 0 Å². The maximum absolute atomic E-state index is 6.10. The largest absolute Gasteiger partial charge is 0.370 e. The van der Waals surface area contributed by atoms with E-state index in [1.54, 1.807) is 0 Å². The van der Waals surface area contributed by atoms with Gasteiger partial charge in [-0.15, -0.1) is 0 Å². The fourth-order valence-corrected chi connectivity index (χ4v) is 3.76. The van der Waals surface area contributed by atoms with Crippen LogP contribution in [0.1, 0.15) is 26.7 Å². The van der Waals surface area contributed by atoms with Crippen LogP contribution in [0.2, 0.25) is 0 Å². The van der Waals surface area contributed by atoms with Gasteiger partial charge >= 0.3 is 0 Å². The molecule has 2 N–H and O–H groups in total. The Labute approximate surface area is 121 Å². The van der Waals surface area contributed by atoms with Crippen molar-refractivity contribution >= 4 is 17.7 Å². The van der Waals surface area contributed by atoms with Gasteiger partial charge in [-0.1, -0.05) is 6.92 Å². The maximum atomic E-state index is 6.10. The minimum atomic E-state index is 0.514. The lowest BCUT2D eigenvalue weighted by Gasteiger charge is -2.35. The average Bonchev–Trinajstić information content (AvgIpc) is 2.45. The number of hydrogen-bond acceptors (Lipinski definition) is 3. The van der Waals surface area contributed by atoms with Crippen LogP contribution in [-0.2, 0) is 0 Å². The maximum Gasteiger partial charge on any atom is 0.191 e. The van der Waals surface area contributed by atoms with Crippen LogP contribution in [0, 0.1) is 5.92 Å². The normalized spacial score (nSPS) is 28.4. The molecule has 2 rings (SSSR count). The molecular formula is C14H28N4S. The van der Waals surface area contributed by atoms with Crippen molar-refractivity contribution in [3.8, 4) is 0 Å². The van der Waals surface area contributed by atoms with E-state index in [4.69, 9.17) is 5.73 Å². The van der Waals surface area contributed by atoms with Crippen LogP contribution < -0.4 is 5.73 Å². The van der Waals surface area contributed by atoms with Crippen LogP contribution in [0.15, 0.2) is 4.99 Å². The van der Waals surface area contributed by atoms with Gasteiger partial charge in [0.25, 0.3) is 0 Å². The van der Waals surface area contributed by atoms with Gasteiger partial charge in [-0.3, -0.25) is 9.89 Å². The molecule has 0 aromatic heterocycles. The molecular weight excluding hydrogens is 256 g/mol. The zero-order valence-electron chi connectivity index (χ0n) is 12.3. The molecule has 0 aliphatic carbocycles. The van der Waals surface area contributed by atoms with Crippen molar-refractivity contribution in [1.29, 1.82) is 0 Å². The molecule has 2 saturated heterocycles. The molecule has 2 atom stereocenters. The second kappa shape index (κ2) is 7.39. The van der Waals surface area contributed by atoms with E-state index in [0.717, 1.165) is 31.5 Å². The molecule has 0 bridgehead atoms. The molecule has 2 heterocycles. The predicted molar refractivity (Wildman–Crippen MR) is 84.8 cm³/mol. The number of rotatable bonds is 3. The fraction of sp³-hybridized carbons (Fsp3) is 0.929. The van der Waals surface area contributed by atoms with Crippen molar-refractivity contribution in [2.24, 2.45) is 16.6 Å². The van der Waals surface area contributed by atoms with Crippen molar-refractivity contribution in [1.82, 2.24) is 9.80 Å². The summed E-state index contributed by atoms with van der Waals surface area (Å²) in [6, 6.07) is 0.514. The Bertz CT molecular complexity index is 302. The lowest BCUT2D eigenvalue weighted by molar-refractivity contribution is 0.142. The Kier molecular flexibility index (Phi) is 5.82. The summed E-state index contributed by atoms with van der Waals surface area (Å²) in [7, 11) is 0. The Hall–Kier alpha value is -0.420. The Balaban J connectivity index is 1.79. The monoisotopic (exact) mass is 284 g/mol. The number of aliphatic imine (C=N–C) groups is 1. The van der Waals surface area contributed by atoms with Gasteiger partial charge in [0.05, 0.1) is 6.54 Å². The fourth-order valence-electron chi connectivity index (χ4n) is 2.86. The van der Waals surface area contributed by atoms with Gasteiger partial charge < -0.3 is 10.6 Å². The van der Waals surface area contributed by atoms with Crippen molar-refractivity contribution < 1.29 is 0 Å². The number of hydrogen-bond donors (Lipinski definition) is 1. The summed E-state index contributed by atoms with van der Waals surface area (Å²) in [4.78, 5) is 9.41. The molecule has 2 fully saturated rings. The summed E-state index contributed by atoms with van der Waals surface area (Å²) in [5, 5.41) is 0. The second-order valence-electron chi connectivity index (χ2n) is 5.89. The summed E-state index contributed by atoms with van der Waals surface area (Å²) < 4.78 is 0. The summed E-state index contributed by atoms with van der Waals surface area (Å²) in [5.74, 6) is 3.93. The van der Waals surface area contributed by atoms with Gasteiger partial charge in [-0.2, -0.15) is 11.8 Å². The third kappa shape index (κ3) is 4.56. The molecule has 2 unspecified atom stereocenters. The van der Waals surface area contributed by atoms with Crippen LogP contribution in [0.5, 0.6) is 0 Å². The number of piperidine rings is 1. The average molecular weight is 284 g/mol. The van der Waals surface area contributed by atoms with Crippen LogP contribution in [0.3, 0.4) is 0 Å². The molecule has 19 heavy (non-hydrogen) atoms. The number of likely N-dealkylation sites (tertiary alicyclic amines) is 1. The third-order valence-electron chi connectivity index (χ3n) is 4.16. The lowest BCUT2D eigenvalue weighted by Crippen LogP contribution is -2.45. The van der Waals surface area contributed by atoms with E-state index in [1.165, 1.54) is 37.4 Å². The predicted octanol–water partition coefficient (Wildman–Crippen LogP) is 1.47. The van der Waals surface area contributed by atoms with Gasteiger partial charge in [-0.05, 0) is 32.2 Å². The number of thioether (sulfide) groups is 1. The molecule has 110 valence electrons. The first-order valence-corrected chi connectivity index (χ1v) is 8.69. The van der Waals surface area contributed by atoms with Crippen LogP contribution in [-0.4, -0.2) is 66.0 Å². The molecule has 0 saturated carbocycles. The first kappa shape index (κ1) is 15.0. The lowest BCUT2D eigenvalue weighted by atomic mass is 9.99.